The third-order valence-electron chi connectivity index (χ3n) is 8.61. The van der Waals surface area contributed by atoms with Gasteiger partial charge in [0.2, 0.25) is 0 Å². The largest absolute Gasteiger partial charge is 0.493 e. The van der Waals surface area contributed by atoms with E-state index in [-0.39, 0.29) is 17.5 Å². The molecule has 222 valence electrons. The van der Waals surface area contributed by atoms with Gasteiger partial charge in [-0.05, 0) is 62.6 Å². The lowest BCUT2D eigenvalue weighted by Gasteiger charge is -2.46. The van der Waals surface area contributed by atoms with Crippen molar-refractivity contribution in [2.24, 2.45) is 10.7 Å². The highest BCUT2D eigenvalue weighted by atomic mass is 35.5. The van der Waals surface area contributed by atoms with Crippen LogP contribution in [-0.4, -0.2) is 52.4 Å². The predicted molar refractivity (Wildman–Crippen MR) is 170 cm³/mol. The highest BCUT2D eigenvalue weighted by Crippen LogP contribution is 2.54. The van der Waals surface area contributed by atoms with E-state index in [1.807, 2.05) is 71.3 Å². The summed E-state index contributed by atoms with van der Waals surface area (Å²) in [5.41, 5.74) is 7.52. The number of pyridine rings is 1. The van der Waals surface area contributed by atoms with Gasteiger partial charge in [-0.15, -0.1) is 0 Å². The number of amides is 2. The zero-order valence-corrected chi connectivity index (χ0v) is 26.6. The van der Waals surface area contributed by atoms with Crippen molar-refractivity contribution >= 4 is 35.1 Å². The van der Waals surface area contributed by atoms with Gasteiger partial charge in [0.1, 0.15) is 22.7 Å². The van der Waals surface area contributed by atoms with Gasteiger partial charge in [-0.1, -0.05) is 68.2 Å². The Morgan fingerprint density at radius 3 is 2.17 bits per heavy atom. The highest BCUT2D eigenvalue weighted by molar-refractivity contribution is 6.30. The highest BCUT2D eigenvalue weighted by Gasteiger charge is 2.60. The standard InChI is InChI=1S/C33H39Cl2N5O2/c1-7-42-27-18-28(31(2,3)4)37-19-26(27)29-38-32(5,21-8-12-23(34)13-9-21)33(6,22-10-14-24(35)15-11-22)40(29)30(41)39-17-16-25(36)20-39/h8-15,18-19,25H,7,16-17,20,36H2,1-6H3. The minimum atomic E-state index is -0.975. The molecule has 0 saturated carbocycles. The van der Waals surface area contributed by atoms with Crippen LogP contribution < -0.4 is 10.5 Å². The van der Waals surface area contributed by atoms with E-state index in [9.17, 15) is 4.79 Å². The Labute approximate surface area is 258 Å². The van der Waals surface area contributed by atoms with Crippen molar-refractivity contribution in [3.63, 3.8) is 0 Å². The number of halogens is 2. The first kappa shape index (κ1) is 30.3. The molecule has 9 heteroatoms. The van der Waals surface area contributed by atoms with Crippen LogP contribution in [-0.2, 0) is 16.5 Å². The molecule has 5 rings (SSSR count). The van der Waals surface area contributed by atoms with Crippen LogP contribution in [0.25, 0.3) is 0 Å². The molecule has 2 aromatic carbocycles. The zero-order chi connectivity index (χ0) is 30.4. The van der Waals surface area contributed by atoms with E-state index in [4.69, 9.17) is 43.6 Å². The third-order valence-corrected chi connectivity index (χ3v) is 9.11. The van der Waals surface area contributed by atoms with Crippen LogP contribution in [0.5, 0.6) is 5.75 Å². The number of likely N-dealkylation sites (tertiary alicyclic amines) is 1. The monoisotopic (exact) mass is 607 g/mol. The third kappa shape index (κ3) is 5.16. The van der Waals surface area contributed by atoms with Crippen molar-refractivity contribution < 1.29 is 9.53 Å². The Morgan fingerprint density at radius 2 is 1.64 bits per heavy atom. The maximum Gasteiger partial charge on any atom is 0.326 e. The molecular formula is C33H39Cl2N5O2. The molecule has 7 nitrogen and oxygen atoms in total. The van der Waals surface area contributed by atoms with E-state index in [1.54, 1.807) is 6.20 Å². The second-order valence-corrected chi connectivity index (χ2v) is 13.3. The Morgan fingerprint density at radius 1 is 1.05 bits per heavy atom. The van der Waals surface area contributed by atoms with Crippen molar-refractivity contribution in [1.82, 2.24) is 14.8 Å². The zero-order valence-electron chi connectivity index (χ0n) is 25.1. The van der Waals surface area contributed by atoms with Gasteiger partial charge in [-0.25, -0.2) is 4.79 Å². The molecule has 0 radical (unpaired) electrons. The molecule has 0 spiro atoms. The summed E-state index contributed by atoms with van der Waals surface area (Å²) in [5.74, 6) is 1.12. The van der Waals surface area contributed by atoms with Crippen molar-refractivity contribution in [2.45, 2.75) is 70.5 Å². The average Bonchev–Trinajstić information content (AvgIpc) is 3.48. The number of benzene rings is 2. The van der Waals surface area contributed by atoms with Crippen LogP contribution in [0.1, 0.15) is 70.3 Å². The van der Waals surface area contributed by atoms with Crippen LogP contribution >= 0.6 is 23.2 Å². The van der Waals surface area contributed by atoms with Gasteiger partial charge >= 0.3 is 6.03 Å². The molecule has 2 amide bonds. The van der Waals surface area contributed by atoms with Crippen molar-refractivity contribution in [3.8, 4) is 5.75 Å². The summed E-state index contributed by atoms with van der Waals surface area (Å²) in [7, 11) is 0. The molecule has 42 heavy (non-hydrogen) atoms. The molecule has 3 unspecified atom stereocenters. The summed E-state index contributed by atoms with van der Waals surface area (Å²) in [6.45, 7) is 13.9. The Kier molecular flexibility index (Phi) is 8.07. The lowest BCUT2D eigenvalue weighted by Crippen LogP contribution is -2.58. The van der Waals surface area contributed by atoms with E-state index in [1.165, 1.54) is 0 Å². The number of rotatable bonds is 5. The number of hydrogen-bond acceptors (Lipinski definition) is 5. The van der Waals surface area contributed by atoms with E-state index >= 15 is 0 Å². The molecule has 3 heterocycles. The summed E-state index contributed by atoms with van der Waals surface area (Å²) in [6, 6.07) is 17.0. The molecule has 3 atom stereocenters. The maximum atomic E-state index is 14.7. The number of carbonyl (C=O) groups excluding carboxylic acids is 1. The lowest BCUT2D eigenvalue weighted by atomic mass is 9.71. The van der Waals surface area contributed by atoms with E-state index in [2.05, 4.69) is 34.6 Å². The quantitative estimate of drug-likeness (QED) is 0.334. The number of nitrogens with zero attached hydrogens (tertiary/aromatic N) is 4. The summed E-state index contributed by atoms with van der Waals surface area (Å²) >= 11 is 12.7. The van der Waals surface area contributed by atoms with Gasteiger partial charge in [0, 0.05) is 52.5 Å². The molecule has 0 bridgehead atoms. The number of aliphatic imine (C=N–C) groups is 1. The van der Waals surface area contributed by atoms with Gasteiger partial charge < -0.3 is 15.4 Å². The molecule has 2 aliphatic heterocycles. The van der Waals surface area contributed by atoms with Crippen molar-refractivity contribution in [1.29, 1.82) is 0 Å². The number of carbonyl (C=O) groups is 1. The predicted octanol–water partition coefficient (Wildman–Crippen LogP) is 7.13. The molecule has 1 saturated heterocycles. The summed E-state index contributed by atoms with van der Waals surface area (Å²) in [5, 5.41) is 1.23. The van der Waals surface area contributed by atoms with Crippen LogP contribution in [0, 0.1) is 0 Å². The fraction of sp³-hybridized carbons (Fsp3) is 0.424. The smallest absolute Gasteiger partial charge is 0.326 e. The van der Waals surface area contributed by atoms with E-state index in [0.29, 0.717) is 46.9 Å². The lowest BCUT2D eigenvalue weighted by molar-refractivity contribution is 0.113. The number of hydrogen-bond donors (Lipinski definition) is 1. The minimum absolute atomic E-state index is 0.0758. The second kappa shape index (κ2) is 11.2. The summed E-state index contributed by atoms with van der Waals surface area (Å²) in [6.07, 6.45) is 2.53. The fourth-order valence-corrected chi connectivity index (χ4v) is 6.21. The molecule has 1 fully saturated rings. The molecule has 0 aliphatic carbocycles. The normalized spacial score (nSPS) is 24.2. The Bertz CT molecular complexity index is 1500. The Balaban J connectivity index is 1.81. The number of ether oxygens (including phenoxy) is 1. The van der Waals surface area contributed by atoms with Crippen molar-refractivity contribution in [2.75, 3.05) is 19.7 Å². The first-order valence-electron chi connectivity index (χ1n) is 14.4. The van der Waals surface area contributed by atoms with E-state index in [0.717, 1.165) is 23.2 Å². The number of amidine groups is 1. The SMILES string of the molecule is CCOc1cc(C(C)(C)C)ncc1C1=NC(C)(c2ccc(Cl)cc2)C(C)(c2ccc(Cl)cc2)N1C(=O)N1CCC(N)C1. The van der Waals surface area contributed by atoms with Gasteiger partial charge in [-0.3, -0.25) is 14.9 Å². The molecule has 2 N–H and O–H groups in total. The van der Waals surface area contributed by atoms with Crippen molar-refractivity contribution in [3.05, 3.63) is 93.2 Å². The number of aromatic nitrogens is 1. The molecule has 3 aromatic rings. The van der Waals surface area contributed by atoms with Crippen LogP contribution in [0.15, 0.2) is 65.8 Å². The fourth-order valence-electron chi connectivity index (χ4n) is 5.96. The second-order valence-electron chi connectivity index (χ2n) is 12.5. The molecular weight excluding hydrogens is 569 g/mol. The maximum absolute atomic E-state index is 14.7. The van der Waals surface area contributed by atoms with Gasteiger partial charge in [-0.2, -0.15) is 0 Å². The summed E-state index contributed by atoms with van der Waals surface area (Å²) in [4.78, 5) is 28.6. The van der Waals surface area contributed by atoms with Crippen LogP contribution in [0.3, 0.4) is 0 Å². The van der Waals surface area contributed by atoms with Gasteiger partial charge in [0.25, 0.3) is 0 Å². The first-order chi connectivity index (χ1) is 19.8. The van der Waals surface area contributed by atoms with Gasteiger partial charge in [0.05, 0.1) is 12.2 Å². The summed E-state index contributed by atoms with van der Waals surface area (Å²) < 4.78 is 6.21. The minimum Gasteiger partial charge on any atom is -0.493 e. The van der Waals surface area contributed by atoms with Crippen LogP contribution in [0.2, 0.25) is 10.0 Å². The first-order valence-corrected chi connectivity index (χ1v) is 15.2. The van der Waals surface area contributed by atoms with Crippen LogP contribution in [0.4, 0.5) is 4.79 Å². The number of urea groups is 1. The topological polar surface area (TPSA) is 84.1 Å². The average molecular weight is 609 g/mol. The molecule has 2 aliphatic rings. The Hall–Kier alpha value is -3.13. The van der Waals surface area contributed by atoms with E-state index < -0.39 is 11.1 Å². The number of nitrogens with two attached hydrogens (primary N) is 1. The van der Waals surface area contributed by atoms with Gasteiger partial charge in [0.15, 0.2) is 0 Å². The molecule has 1 aromatic heterocycles.